The fourth-order valence-electron chi connectivity index (χ4n) is 1.01. The molecule has 0 aromatic heterocycles. The van der Waals surface area contributed by atoms with E-state index in [1.165, 1.54) is 19.2 Å². The molecule has 0 amide bonds. The topological polar surface area (TPSA) is 43.4 Å². The molecule has 0 spiro atoms. The molecule has 1 rings (SSSR count). The van der Waals surface area contributed by atoms with Gasteiger partial charge >= 0.3 is 0 Å². The molecular weight excluding hydrogens is 283 g/mol. The molecule has 1 aromatic carbocycles. The molecule has 3 nitrogen and oxygen atoms in total. The van der Waals surface area contributed by atoms with Gasteiger partial charge in [-0.25, -0.2) is 8.42 Å². The van der Waals surface area contributed by atoms with Crippen LogP contribution in [0.4, 0.5) is 0 Å². The minimum Gasteiger partial charge on any atom is -0.497 e. The van der Waals surface area contributed by atoms with Crippen LogP contribution in [0.2, 0.25) is 10.0 Å². The van der Waals surface area contributed by atoms with E-state index in [-0.39, 0.29) is 15.6 Å². The van der Waals surface area contributed by atoms with Gasteiger partial charge < -0.3 is 4.74 Å². The molecule has 1 aromatic rings. The Balaban J connectivity index is 3.20. The highest BCUT2D eigenvalue weighted by molar-refractivity contribution is 8.13. The summed E-state index contributed by atoms with van der Waals surface area (Å²) in [5.41, 5.74) is 0.272. The second kappa shape index (κ2) is 4.78. The van der Waals surface area contributed by atoms with E-state index in [4.69, 9.17) is 38.6 Å². The number of halogens is 3. The summed E-state index contributed by atoms with van der Waals surface area (Å²) < 4.78 is 26.7. The van der Waals surface area contributed by atoms with Crippen molar-refractivity contribution in [2.24, 2.45) is 0 Å². The predicted molar refractivity (Wildman–Crippen MR) is 61.5 cm³/mol. The van der Waals surface area contributed by atoms with Gasteiger partial charge in [0, 0.05) is 16.2 Å². The quantitative estimate of drug-likeness (QED) is 0.803. The van der Waals surface area contributed by atoms with E-state index < -0.39 is 14.8 Å². The summed E-state index contributed by atoms with van der Waals surface area (Å²) in [4.78, 5) is 0. The van der Waals surface area contributed by atoms with Crippen molar-refractivity contribution in [1.82, 2.24) is 0 Å². The van der Waals surface area contributed by atoms with Crippen molar-refractivity contribution >= 4 is 42.9 Å². The first kappa shape index (κ1) is 12.9. The fourth-order valence-corrected chi connectivity index (χ4v) is 2.75. The van der Waals surface area contributed by atoms with Crippen molar-refractivity contribution in [3.05, 3.63) is 27.7 Å². The maximum absolute atomic E-state index is 10.9. The van der Waals surface area contributed by atoms with E-state index in [0.29, 0.717) is 5.75 Å². The van der Waals surface area contributed by atoms with Gasteiger partial charge in [0.25, 0.3) is 0 Å². The van der Waals surface area contributed by atoms with Gasteiger partial charge in [-0.1, -0.05) is 23.2 Å². The smallest absolute Gasteiger partial charge is 0.236 e. The molecule has 0 aliphatic heterocycles. The Kier molecular flexibility index (Phi) is 4.12. The average Bonchev–Trinajstić information content (AvgIpc) is 2.09. The lowest BCUT2D eigenvalue weighted by atomic mass is 10.2. The van der Waals surface area contributed by atoms with E-state index in [9.17, 15) is 8.42 Å². The second-order valence-corrected chi connectivity index (χ2v) is 6.34. The molecule has 0 aliphatic carbocycles. The van der Waals surface area contributed by atoms with Crippen LogP contribution < -0.4 is 4.74 Å². The molecule has 0 aliphatic rings. The standard InChI is InChI=1S/C8H7Cl3O3S/c1-14-5-2-7(9)6(8(10)3-5)4-15(11,12)13/h2-3H,4H2,1H3. The predicted octanol–water partition coefficient (Wildman–Crippen LogP) is 3.07. The minimum absolute atomic E-state index is 0.212. The molecule has 0 N–H and O–H groups in total. The highest BCUT2D eigenvalue weighted by Gasteiger charge is 2.15. The molecule has 15 heavy (non-hydrogen) atoms. The zero-order chi connectivity index (χ0) is 11.6. The first-order valence-electron chi connectivity index (χ1n) is 3.77. The van der Waals surface area contributed by atoms with Crippen LogP contribution in [0.25, 0.3) is 0 Å². The summed E-state index contributed by atoms with van der Waals surface area (Å²) in [6, 6.07) is 2.95. The highest BCUT2D eigenvalue weighted by atomic mass is 35.7. The summed E-state index contributed by atoms with van der Waals surface area (Å²) >= 11 is 11.7. The molecule has 0 heterocycles. The lowest BCUT2D eigenvalue weighted by Gasteiger charge is -2.07. The van der Waals surface area contributed by atoms with Crippen LogP contribution in [-0.2, 0) is 14.8 Å². The Labute approximate surface area is 102 Å². The number of hydrogen-bond donors (Lipinski definition) is 0. The number of hydrogen-bond acceptors (Lipinski definition) is 3. The van der Waals surface area contributed by atoms with Crippen molar-refractivity contribution in [1.29, 1.82) is 0 Å². The van der Waals surface area contributed by atoms with Gasteiger partial charge in [0.1, 0.15) is 5.75 Å². The molecule has 7 heteroatoms. The van der Waals surface area contributed by atoms with Crippen LogP contribution in [0, 0.1) is 0 Å². The van der Waals surface area contributed by atoms with Gasteiger partial charge in [0.2, 0.25) is 9.05 Å². The number of ether oxygens (including phenoxy) is 1. The third kappa shape index (κ3) is 3.72. The Bertz CT molecular complexity index is 447. The lowest BCUT2D eigenvalue weighted by Crippen LogP contribution is -1.97. The molecule has 0 radical (unpaired) electrons. The Hall–Kier alpha value is -0.160. The SMILES string of the molecule is COc1cc(Cl)c(CS(=O)(=O)Cl)c(Cl)c1. The van der Waals surface area contributed by atoms with Crippen LogP contribution in [0.1, 0.15) is 5.56 Å². The van der Waals surface area contributed by atoms with Crippen molar-refractivity contribution in [3.8, 4) is 5.75 Å². The third-order valence-electron chi connectivity index (χ3n) is 1.67. The maximum Gasteiger partial charge on any atom is 0.236 e. The Morgan fingerprint density at radius 1 is 1.27 bits per heavy atom. The van der Waals surface area contributed by atoms with Crippen molar-refractivity contribution in [2.75, 3.05) is 7.11 Å². The van der Waals surface area contributed by atoms with E-state index >= 15 is 0 Å². The summed E-state index contributed by atoms with van der Waals surface area (Å²) in [7, 11) is 2.89. The summed E-state index contributed by atoms with van der Waals surface area (Å²) in [5, 5.41) is 0.423. The Morgan fingerprint density at radius 2 is 1.73 bits per heavy atom. The third-order valence-corrected chi connectivity index (χ3v) is 3.30. The van der Waals surface area contributed by atoms with Crippen molar-refractivity contribution in [3.63, 3.8) is 0 Å². The van der Waals surface area contributed by atoms with Gasteiger partial charge in [-0.15, -0.1) is 0 Å². The molecule has 0 atom stereocenters. The van der Waals surface area contributed by atoms with E-state index in [1.807, 2.05) is 0 Å². The maximum atomic E-state index is 10.9. The van der Waals surface area contributed by atoms with E-state index in [1.54, 1.807) is 0 Å². The van der Waals surface area contributed by atoms with Crippen molar-refractivity contribution < 1.29 is 13.2 Å². The zero-order valence-corrected chi connectivity index (χ0v) is 10.7. The molecular formula is C8H7Cl3O3S. The van der Waals surface area contributed by atoms with E-state index in [0.717, 1.165) is 0 Å². The number of methoxy groups -OCH3 is 1. The van der Waals surface area contributed by atoms with Gasteiger partial charge in [-0.3, -0.25) is 0 Å². The Morgan fingerprint density at radius 3 is 2.07 bits per heavy atom. The van der Waals surface area contributed by atoms with Crippen LogP contribution in [0.15, 0.2) is 12.1 Å². The fraction of sp³-hybridized carbons (Fsp3) is 0.250. The monoisotopic (exact) mass is 288 g/mol. The zero-order valence-electron chi connectivity index (χ0n) is 7.63. The normalized spacial score (nSPS) is 11.5. The van der Waals surface area contributed by atoms with Crippen LogP contribution in [0.3, 0.4) is 0 Å². The highest BCUT2D eigenvalue weighted by Crippen LogP contribution is 2.32. The van der Waals surface area contributed by atoms with Gasteiger partial charge in [0.05, 0.1) is 22.9 Å². The molecule has 0 saturated carbocycles. The molecule has 84 valence electrons. The largest absolute Gasteiger partial charge is 0.497 e. The van der Waals surface area contributed by atoms with Crippen LogP contribution in [-0.4, -0.2) is 15.5 Å². The van der Waals surface area contributed by atoms with Gasteiger partial charge in [0.15, 0.2) is 0 Å². The van der Waals surface area contributed by atoms with Gasteiger partial charge in [-0.2, -0.15) is 0 Å². The number of rotatable bonds is 3. The summed E-state index contributed by atoms with van der Waals surface area (Å²) in [5.74, 6) is 0.0525. The first-order chi connectivity index (χ1) is 6.83. The molecule has 0 unspecified atom stereocenters. The molecule has 0 saturated heterocycles. The lowest BCUT2D eigenvalue weighted by molar-refractivity contribution is 0.414. The minimum atomic E-state index is -3.68. The summed E-state index contributed by atoms with van der Waals surface area (Å²) in [6.45, 7) is 0. The molecule has 0 bridgehead atoms. The van der Waals surface area contributed by atoms with E-state index in [2.05, 4.69) is 0 Å². The summed E-state index contributed by atoms with van der Waals surface area (Å²) in [6.07, 6.45) is 0. The van der Waals surface area contributed by atoms with Gasteiger partial charge in [-0.05, 0) is 12.1 Å². The van der Waals surface area contributed by atoms with Crippen molar-refractivity contribution in [2.45, 2.75) is 5.75 Å². The average molecular weight is 290 g/mol. The molecule has 0 fully saturated rings. The van der Waals surface area contributed by atoms with Crippen LogP contribution >= 0.6 is 33.9 Å². The second-order valence-electron chi connectivity index (χ2n) is 2.75. The number of benzene rings is 1. The first-order valence-corrected chi connectivity index (χ1v) is 7.01. The van der Waals surface area contributed by atoms with Crippen LogP contribution in [0.5, 0.6) is 5.75 Å².